The van der Waals surface area contributed by atoms with E-state index in [1.807, 2.05) is 0 Å². The van der Waals surface area contributed by atoms with E-state index in [2.05, 4.69) is 22.2 Å². The predicted octanol–water partition coefficient (Wildman–Crippen LogP) is 5.28. The van der Waals surface area contributed by atoms with E-state index in [4.69, 9.17) is 9.47 Å². The van der Waals surface area contributed by atoms with Crippen LogP contribution < -0.4 is 10.4 Å². The lowest BCUT2D eigenvalue weighted by atomic mass is 9.72. The number of benzene rings is 1. The van der Waals surface area contributed by atoms with Crippen LogP contribution in [0.2, 0.25) is 0 Å². The Morgan fingerprint density at radius 2 is 1.85 bits per heavy atom. The first-order valence-electron chi connectivity index (χ1n) is 13.7. The molecule has 39 heavy (non-hydrogen) atoms. The first-order valence-corrected chi connectivity index (χ1v) is 13.7. The smallest absolute Gasteiger partial charge is 0.434 e. The highest BCUT2D eigenvalue weighted by Gasteiger charge is 2.43. The fraction of sp³-hybridized carbons (Fsp3) is 0.621. The minimum absolute atomic E-state index is 0.0443. The van der Waals surface area contributed by atoms with Crippen LogP contribution in [0.25, 0.3) is 10.9 Å². The maximum atomic E-state index is 13.4. The van der Waals surface area contributed by atoms with E-state index in [0.29, 0.717) is 28.3 Å². The van der Waals surface area contributed by atoms with Gasteiger partial charge in [-0.2, -0.15) is 5.01 Å². The molecule has 2 amide bonds. The van der Waals surface area contributed by atoms with Crippen LogP contribution in [0.4, 0.5) is 15.3 Å². The lowest BCUT2D eigenvalue weighted by Gasteiger charge is -2.51. The number of hydrogen-bond acceptors (Lipinski definition) is 8. The van der Waals surface area contributed by atoms with Gasteiger partial charge in [-0.1, -0.05) is 13.3 Å². The predicted molar refractivity (Wildman–Crippen MR) is 148 cm³/mol. The molecular formula is C29H42N4O6. The monoisotopic (exact) mass is 542 g/mol. The Morgan fingerprint density at radius 1 is 1.15 bits per heavy atom. The summed E-state index contributed by atoms with van der Waals surface area (Å²) in [6.07, 6.45) is 1.97. The highest BCUT2D eigenvalue weighted by atomic mass is 16.6. The molecule has 0 spiro atoms. The van der Waals surface area contributed by atoms with Gasteiger partial charge in [0.05, 0.1) is 11.6 Å². The number of rotatable bonds is 4. The molecule has 1 aromatic heterocycles. The second-order valence-corrected chi connectivity index (χ2v) is 12.6. The fourth-order valence-electron chi connectivity index (χ4n) is 5.79. The number of carbonyl (C=O) groups excluding carboxylic acids is 2. The van der Waals surface area contributed by atoms with Gasteiger partial charge in [-0.15, -0.1) is 0 Å². The van der Waals surface area contributed by atoms with E-state index in [-0.39, 0.29) is 17.5 Å². The number of ether oxygens (including phenoxy) is 2. The molecule has 3 aliphatic rings. The molecule has 5 rings (SSSR count). The quantitative estimate of drug-likeness (QED) is 0.446. The van der Waals surface area contributed by atoms with Crippen molar-refractivity contribution in [2.24, 2.45) is 11.8 Å². The Hall–Kier alpha value is -3.11. The van der Waals surface area contributed by atoms with Crippen molar-refractivity contribution in [3.8, 4) is 5.75 Å². The molecule has 3 N–H and O–H groups in total. The Bertz CT molecular complexity index is 1220. The Labute approximate surface area is 230 Å². The van der Waals surface area contributed by atoms with Gasteiger partial charge in [-0.25, -0.2) is 15.0 Å². The van der Waals surface area contributed by atoms with Gasteiger partial charge in [0.1, 0.15) is 22.6 Å². The third-order valence-electron chi connectivity index (χ3n) is 7.44. The second-order valence-electron chi connectivity index (χ2n) is 12.6. The number of aromatic hydroxyl groups is 1. The molecule has 214 valence electrons. The largest absolute Gasteiger partial charge is 0.506 e. The first-order chi connectivity index (χ1) is 18.2. The number of fused-ring (bicyclic) bond motifs is 4. The van der Waals surface area contributed by atoms with Crippen molar-refractivity contribution in [3.63, 3.8) is 0 Å². The number of nitrogens with zero attached hydrogens (tertiary/aromatic N) is 3. The van der Waals surface area contributed by atoms with Crippen LogP contribution in [0.3, 0.4) is 0 Å². The summed E-state index contributed by atoms with van der Waals surface area (Å²) in [6.45, 7) is 14.3. The molecule has 0 aliphatic carbocycles. The van der Waals surface area contributed by atoms with Gasteiger partial charge in [0.15, 0.2) is 0 Å². The molecule has 1 aromatic carbocycles. The number of piperidine rings is 3. The van der Waals surface area contributed by atoms with E-state index in [0.717, 1.165) is 37.4 Å². The summed E-state index contributed by atoms with van der Waals surface area (Å²) < 4.78 is 11.0. The molecule has 3 fully saturated rings. The number of aliphatic hydroxyl groups excluding tert-OH is 1. The standard InChI is InChI=1S/C29H42N4O6/c1-8-17-16-32-14-12-18(17)15-21(32)25(35)19-11-13-30-20-9-10-22(34)24(23(19)20)33(27(37)39-29(5,6)7)31-26(36)38-28(2,3)4/h9-11,13,17-18,21,25,34-35H,8,12,14-16H2,1-7H3,(H,31,36)/t17-,18-,21+,25?/m0/s1. The van der Waals surface area contributed by atoms with Gasteiger partial charge in [0.25, 0.3) is 0 Å². The maximum absolute atomic E-state index is 13.4. The molecule has 10 heteroatoms. The van der Waals surface area contributed by atoms with Gasteiger partial charge >= 0.3 is 12.2 Å². The van der Waals surface area contributed by atoms with Crippen molar-refractivity contribution in [2.45, 2.75) is 91.1 Å². The van der Waals surface area contributed by atoms with Crippen molar-refractivity contribution in [1.82, 2.24) is 15.3 Å². The highest BCUT2D eigenvalue weighted by molar-refractivity contribution is 6.05. The van der Waals surface area contributed by atoms with Crippen LogP contribution in [0.1, 0.15) is 79.4 Å². The third kappa shape index (κ3) is 6.38. The summed E-state index contributed by atoms with van der Waals surface area (Å²) >= 11 is 0. The van der Waals surface area contributed by atoms with Crippen molar-refractivity contribution >= 4 is 28.8 Å². The van der Waals surface area contributed by atoms with E-state index >= 15 is 0 Å². The molecule has 4 heterocycles. The van der Waals surface area contributed by atoms with Crippen LogP contribution in [0.5, 0.6) is 5.75 Å². The van der Waals surface area contributed by atoms with E-state index < -0.39 is 29.5 Å². The molecule has 10 nitrogen and oxygen atoms in total. The normalized spacial score (nSPS) is 23.8. The zero-order chi connectivity index (χ0) is 28.7. The van der Waals surface area contributed by atoms with Crippen molar-refractivity contribution < 1.29 is 29.3 Å². The SMILES string of the molecule is CC[C@H]1CN2CC[C@H]1C[C@@H]2C(O)c1ccnc2ccc(O)c(N(NC(=O)OC(C)(C)C)C(=O)OC(C)(C)C)c12. The molecular weight excluding hydrogens is 500 g/mol. The van der Waals surface area contributed by atoms with Crippen molar-refractivity contribution in [2.75, 3.05) is 18.1 Å². The molecule has 2 bridgehead atoms. The highest BCUT2D eigenvalue weighted by Crippen LogP contribution is 2.45. The lowest BCUT2D eigenvalue weighted by Crippen LogP contribution is -2.55. The van der Waals surface area contributed by atoms with Gasteiger partial charge < -0.3 is 19.7 Å². The van der Waals surface area contributed by atoms with E-state index in [1.165, 1.54) is 6.07 Å². The fourth-order valence-corrected chi connectivity index (χ4v) is 5.79. The minimum Gasteiger partial charge on any atom is -0.506 e. The van der Waals surface area contributed by atoms with Gasteiger partial charge in [-0.05, 0) is 96.5 Å². The number of hydrogen-bond donors (Lipinski definition) is 3. The number of amides is 2. The number of aromatic nitrogens is 1. The Morgan fingerprint density at radius 3 is 2.44 bits per heavy atom. The molecule has 3 saturated heterocycles. The summed E-state index contributed by atoms with van der Waals surface area (Å²) in [7, 11) is 0. The first kappa shape index (κ1) is 28.9. The summed E-state index contributed by atoms with van der Waals surface area (Å²) in [6, 6.07) is 4.61. The lowest BCUT2D eigenvalue weighted by molar-refractivity contribution is -0.0562. The van der Waals surface area contributed by atoms with Crippen molar-refractivity contribution in [1.29, 1.82) is 0 Å². The summed E-state index contributed by atoms with van der Waals surface area (Å²) in [4.78, 5) is 33.1. The maximum Gasteiger partial charge on any atom is 0.434 e. The van der Waals surface area contributed by atoms with Crippen LogP contribution in [-0.4, -0.2) is 62.6 Å². The number of phenolic OH excluding ortho intramolecular Hbond substituents is 1. The van der Waals surface area contributed by atoms with Crippen LogP contribution in [0.15, 0.2) is 24.4 Å². The van der Waals surface area contributed by atoms with Crippen LogP contribution >= 0.6 is 0 Å². The number of phenols is 1. The molecule has 0 radical (unpaired) electrons. The number of nitrogens with one attached hydrogen (secondary N) is 1. The number of pyridine rings is 1. The average Bonchev–Trinajstić information content (AvgIpc) is 2.84. The Kier molecular flexibility index (Phi) is 8.01. The molecule has 3 aliphatic heterocycles. The molecule has 5 atom stereocenters. The van der Waals surface area contributed by atoms with Gasteiger partial charge in [-0.3, -0.25) is 9.88 Å². The van der Waals surface area contributed by atoms with E-state index in [1.54, 1.807) is 59.9 Å². The van der Waals surface area contributed by atoms with Gasteiger partial charge in [0, 0.05) is 24.2 Å². The number of anilines is 1. The molecule has 0 saturated carbocycles. The summed E-state index contributed by atoms with van der Waals surface area (Å²) in [5, 5.41) is 24.1. The third-order valence-corrected chi connectivity index (χ3v) is 7.44. The summed E-state index contributed by atoms with van der Waals surface area (Å²) in [5.41, 5.74) is 1.63. The molecule has 2 unspecified atom stereocenters. The number of hydrazine groups is 1. The zero-order valence-corrected chi connectivity index (χ0v) is 24.0. The van der Waals surface area contributed by atoms with Crippen LogP contribution in [-0.2, 0) is 9.47 Å². The minimum atomic E-state index is -0.924. The molecule has 2 aromatic rings. The average molecular weight is 543 g/mol. The van der Waals surface area contributed by atoms with Gasteiger partial charge in [0.2, 0.25) is 0 Å². The Balaban J connectivity index is 1.81. The second kappa shape index (κ2) is 10.8. The topological polar surface area (TPSA) is 124 Å². The number of carbonyl (C=O) groups is 2. The summed E-state index contributed by atoms with van der Waals surface area (Å²) in [5.74, 6) is 0.881. The van der Waals surface area contributed by atoms with E-state index in [9.17, 15) is 19.8 Å². The zero-order valence-electron chi connectivity index (χ0n) is 24.0. The van der Waals surface area contributed by atoms with Crippen LogP contribution in [0, 0.1) is 11.8 Å². The number of aliphatic hydroxyl groups is 1. The van der Waals surface area contributed by atoms with Crippen molar-refractivity contribution in [3.05, 3.63) is 30.0 Å².